The van der Waals surface area contributed by atoms with Gasteiger partial charge in [-0.2, -0.15) is 5.10 Å². The van der Waals surface area contributed by atoms with Gasteiger partial charge in [-0.15, -0.1) is 0 Å². The van der Waals surface area contributed by atoms with Crippen LogP contribution in [0.2, 0.25) is 0 Å². The zero-order chi connectivity index (χ0) is 30.4. The van der Waals surface area contributed by atoms with Crippen molar-refractivity contribution in [2.75, 3.05) is 6.61 Å². The third-order valence-corrected chi connectivity index (χ3v) is 7.51. The minimum absolute atomic E-state index is 0.0798. The molecule has 0 saturated heterocycles. The van der Waals surface area contributed by atoms with Gasteiger partial charge in [0.05, 0.1) is 18.6 Å². The topological polar surface area (TPSA) is 55.6 Å². The van der Waals surface area contributed by atoms with Gasteiger partial charge in [0, 0.05) is 29.1 Å². The predicted octanol–water partition coefficient (Wildman–Crippen LogP) is 9.04. The van der Waals surface area contributed by atoms with Gasteiger partial charge in [-0.05, 0) is 85.9 Å². The Kier molecular flexibility index (Phi) is 12.6. The molecule has 0 aliphatic carbocycles. The Morgan fingerprint density at radius 2 is 1.90 bits per heavy atom. The van der Waals surface area contributed by atoms with E-state index in [1.807, 2.05) is 12.2 Å². The Hall–Kier alpha value is -4.12. The number of carbonyl (C=O) groups excluding carboxylic acids is 1. The number of nitrogens with zero attached hydrogens (tertiary/aromatic N) is 2. The molecule has 0 radical (unpaired) electrons. The van der Waals surface area contributed by atoms with Crippen molar-refractivity contribution in [3.05, 3.63) is 103 Å². The third-order valence-electron chi connectivity index (χ3n) is 7.51. The number of hydrazone groups is 1. The fourth-order valence-electron chi connectivity index (χ4n) is 5.53. The lowest BCUT2D eigenvalue weighted by molar-refractivity contribution is -0.109. The fraction of sp³-hybridized carbons (Fsp3) is 0.351. The van der Waals surface area contributed by atoms with Gasteiger partial charge in [0.25, 0.3) is 0 Å². The average Bonchev–Trinajstić information content (AvgIpc) is 3.29. The normalized spacial score (nSPS) is 12.3. The van der Waals surface area contributed by atoms with Crippen molar-refractivity contribution in [2.24, 2.45) is 10.5 Å². The molecule has 222 valence electrons. The first-order valence-electron chi connectivity index (χ1n) is 15.0. The molecule has 5 heteroatoms. The number of aryl methyl sites for hydroxylation is 2. The van der Waals surface area contributed by atoms with Crippen molar-refractivity contribution in [3.63, 3.8) is 0 Å². The molecule has 0 atom stereocenters. The molecule has 0 saturated carbocycles. The summed E-state index contributed by atoms with van der Waals surface area (Å²) in [5.41, 5.74) is 11.1. The van der Waals surface area contributed by atoms with Crippen LogP contribution in [0.3, 0.4) is 0 Å². The summed E-state index contributed by atoms with van der Waals surface area (Å²) in [4.78, 5) is 10.3. The highest BCUT2D eigenvalue weighted by molar-refractivity contribution is 5.94. The summed E-state index contributed by atoms with van der Waals surface area (Å²) < 4.78 is 8.12. The number of hydrogen-bond acceptors (Lipinski definition) is 3. The molecule has 1 amide bonds. The van der Waals surface area contributed by atoms with E-state index in [4.69, 9.17) is 4.74 Å². The molecule has 0 fully saturated rings. The quantitative estimate of drug-likeness (QED) is 0.0418. The maximum absolute atomic E-state index is 10.3. The maximum atomic E-state index is 10.3. The summed E-state index contributed by atoms with van der Waals surface area (Å²) in [5.74, 6) is 0. The molecular weight excluding hydrogens is 518 g/mol. The van der Waals surface area contributed by atoms with E-state index in [1.165, 1.54) is 50.7 Å². The Bertz CT molecular complexity index is 1440. The molecule has 0 aliphatic rings. The van der Waals surface area contributed by atoms with Gasteiger partial charge >= 0.3 is 0 Å². The van der Waals surface area contributed by atoms with Crippen molar-refractivity contribution in [2.45, 2.75) is 72.8 Å². The summed E-state index contributed by atoms with van der Waals surface area (Å²) in [6.07, 6.45) is 18.2. The number of amides is 1. The summed E-state index contributed by atoms with van der Waals surface area (Å²) in [6, 6.07) is 15.9. The number of allylic oxidation sites excluding steroid dienone is 5. The van der Waals surface area contributed by atoms with Crippen molar-refractivity contribution in [3.8, 4) is 11.1 Å². The highest BCUT2D eigenvalue weighted by Crippen LogP contribution is 2.38. The Labute approximate surface area is 252 Å². The molecule has 3 rings (SSSR count). The van der Waals surface area contributed by atoms with E-state index in [1.54, 1.807) is 6.21 Å². The van der Waals surface area contributed by atoms with E-state index in [9.17, 15) is 4.79 Å². The van der Waals surface area contributed by atoms with Crippen LogP contribution < -0.4 is 5.43 Å². The van der Waals surface area contributed by atoms with Crippen LogP contribution in [-0.2, 0) is 28.9 Å². The maximum Gasteiger partial charge on any atom is 0.227 e. The van der Waals surface area contributed by atoms with Crippen LogP contribution in [0.15, 0.2) is 91.3 Å². The number of fused-ring (bicyclic) bond motifs is 1. The molecule has 0 spiro atoms. The second-order valence-corrected chi connectivity index (χ2v) is 11.3. The number of unbranched alkanes of at least 4 members (excludes halogenated alkanes) is 3. The third kappa shape index (κ3) is 8.69. The Morgan fingerprint density at radius 3 is 2.62 bits per heavy atom. The van der Waals surface area contributed by atoms with E-state index in [0.717, 1.165) is 45.1 Å². The van der Waals surface area contributed by atoms with Gasteiger partial charge in [0.15, 0.2) is 0 Å². The van der Waals surface area contributed by atoms with Crippen LogP contribution in [0.4, 0.5) is 0 Å². The van der Waals surface area contributed by atoms with Crippen molar-refractivity contribution >= 4 is 29.1 Å². The van der Waals surface area contributed by atoms with Gasteiger partial charge < -0.3 is 9.30 Å². The number of nitrogens with one attached hydrogen (secondary N) is 1. The van der Waals surface area contributed by atoms with Gasteiger partial charge in [-0.3, -0.25) is 10.2 Å². The molecule has 3 aromatic rings. The minimum atomic E-state index is -0.0798. The van der Waals surface area contributed by atoms with Gasteiger partial charge in [-0.25, -0.2) is 0 Å². The fourth-order valence-corrected chi connectivity index (χ4v) is 5.53. The van der Waals surface area contributed by atoms with Gasteiger partial charge in [0.1, 0.15) is 0 Å². The first kappa shape index (κ1) is 32.4. The number of ether oxygens (including phenoxy) is 1. The van der Waals surface area contributed by atoms with Gasteiger partial charge in [-0.1, -0.05) is 88.1 Å². The second-order valence-electron chi connectivity index (χ2n) is 11.3. The first-order valence-corrected chi connectivity index (χ1v) is 15.0. The van der Waals surface area contributed by atoms with Crippen LogP contribution in [0.5, 0.6) is 0 Å². The molecule has 5 nitrogen and oxygen atoms in total. The van der Waals surface area contributed by atoms with Gasteiger partial charge in [0.2, 0.25) is 6.41 Å². The van der Waals surface area contributed by atoms with Crippen LogP contribution in [0.25, 0.3) is 27.6 Å². The Balaban J connectivity index is 1.99. The van der Waals surface area contributed by atoms with Crippen LogP contribution >= 0.6 is 0 Å². The highest BCUT2D eigenvalue weighted by Gasteiger charge is 2.26. The van der Waals surface area contributed by atoms with Crippen molar-refractivity contribution < 1.29 is 9.53 Å². The largest absolute Gasteiger partial charge is 0.501 e. The number of rotatable bonds is 18. The zero-order valence-corrected chi connectivity index (χ0v) is 25.9. The average molecular weight is 566 g/mol. The predicted molar refractivity (Wildman–Crippen MR) is 180 cm³/mol. The molecule has 2 aromatic carbocycles. The number of aromatic nitrogens is 1. The molecular formula is C37H47N3O2. The molecule has 42 heavy (non-hydrogen) atoms. The zero-order valence-electron chi connectivity index (χ0n) is 25.9. The van der Waals surface area contributed by atoms with Crippen LogP contribution in [0.1, 0.15) is 70.2 Å². The number of hydrogen-bond donors (Lipinski definition) is 1. The smallest absolute Gasteiger partial charge is 0.227 e. The van der Waals surface area contributed by atoms with Crippen molar-refractivity contribution in [1.82, 2.24) is 9.99 Å². The van der Waals surface area contributed by atoms with E-state index in [-0.39, 0.29) is 5.41 Å². The van der Waals surface area contributed by atoms with Crippen LogP contribution in [-0.4, -0.2) is 23.8 Å². The lowest BCUT2D eigenvalue weighted by Gasteiger charge is -2.25. The van der Waals surface area contributed by atoms with Crippen LogP contribution in [0, 0.1) is 5.41 Å². The summed E-state index contributed by atoms with van der Waals surface area (Å²) in [7, 11) is 0. The van der Waals surface area contributed by atoms with E-state index in [0.29, 0.717) is 13.0 Å². The number of benzene rings is 2. The highest BCUT2D eigenvalue weighted by atomic mass is 16.5. The SMILES string of the molecule is C=C/C=C\C(=C/C)c1c(CC(C)(C)COC=C)c2cc(-c3cccc(CCCCC/C=N\NC=O)c3)ccc2n1CC. The lowest BCUT2D eigenvalue weighted by atomic mass is 9.84. The first-order chi connectivity index (χ1) is 20.4. The standard InChI is InChI=1S/C37H47N3O2/c1-7-11-19-30(8-2)36-34(26-37(5,6)27-42-10-4)33-25-32(21-22-35(33)40(36)9-3)31-20-16-18-29(24-31)17-14-12-13-15-23-38-39-28-41/h7-8,10-11,16,18-25,28H,1,4,9,12-15,17,26-27H2,2-3,5-6H3,(H,39,41)/b19-11-,30-8+,38-23-. The van der Waals surface area contributed by atoms with E-state index >= 15 is 0 Å². The lowest BCUT2D eigenvalue weighted by Crippen LogP contribution is -2.21. The minimum Gasteiger partial charge on any atom is -0.501 e. The molecule has 0 unspecified atom stereocenters. The van der Waals surface area contributed by atoms with E-state index < -0.39 is 0 Å². The molecule has 1 N–H and O–H groups in total. The Morgan fingerprint density at radius 1 is 1.10 bits per heavy atom. The monoisotopic (exact) mass is 565 g/mol. The molecule has 1 heterocycles. The summed E-state index contributed by atoms with van der Waals surface area (Å²) in [5, 5.41) is 5.12. The summed E-state index contributed by atoms with van der Waals surface area (Å²) >= 11 is 0. The molecule has 0 bridgehead atoms. The second kappa shape index (κ2) is 16.4. The molecule has 0 aliphatic heterocycles. The summed E-state index contributed by atoms with van der Waals surface area (Å²) in [6.45, 7) is 18.0. The number of carbonyl (C=O) groups is 1. The van der Waals surface area contributed by atoms with Crippen molar-refractivity contribution in [1.29, 1.82) is 0 Å². The molecule has 1 aromatic heterocycles. The van der Waals surface area contributed by atoms with E-state index in [2.05, 4.69) is 111 Å².